The van der Waals surface area contributed by atoms with E-state index in [4.69, 9.17) is 16.7 Å². The molecule has 3 amide bonds. The van der Waals surface area contributed by atoms with Crippen LogP contribution in [0.25, 0.3) is 6.08 Å². The lowest BCUT2D eigenvalue weighted by atomic mass is 10.1. The molecule has 0 bridgehead atoms. The van der Waals surface area contributed by atoms with Crippen molar-refractivity contribution in [3.63, 3.8) is 0 Å². The Morgan fingerprint density at radius 2 is 1.77 bits per heavy atom. The molecule has 2 aromatic carbocycles. The molecule has 3 rings (SSSR count). The molecular formula is C21H17ClN2O5S. The maximum atomic E-state index is 12.7. The SMILES string of the molecule is CC(CC(=O)Nc1ccc(C(=O)O)cc1)N1C(=O)SC(=Cc2ccc(Cl)cc2)C1=O. The number of thioether (sulfide) groups is 1. The van der Waals surface area contributed by atoms with Gasteiger partial charge in [-0.05, 0) is 66.7 Å². The Kier molecular flexibility index (Phi) is 6.59. The Morgan fingerprint density at radius 3 is 2.37 bits per heavy atom. The molecule has 0 aliphatic carbocycles. The molecule has 2 aromatic rings. The zero-order valence-corrected chi connectivity index (χ0v) is 17.4. The van der Waals surface area contributed by atoms with E-state index in [0.29, 0.717) is 10.7 Å². The highest BCUT2D eigenvalue weighted by Crippen LogP contribution is 2.34. The molecule has 0 radical (unpaired) electrons. The zero-order valence-electron chi connectivity index (χ0n) is 15.8. The fourth-order valence-electron chi connectivity index (χ4n) is 2.84. The minimum Gasteiger partial charge on any atom is -0.478 e. The third-order valence-electron chi connectivity index (χ3n) is 4.33. The normalized spacial score (nSPS) is 16.1. The first-order chi connectivity index (χ1) is 14.2. The Balaban J connectivity index is 1.64. The van der Waals surface area contributed by atoms with Crippen molar-refractivity contribution in [3.05, 3.63) is 69.6 Å². The van der Waals surface area contributed by atoms with Gasteiger partial charge in [-0.15, -0.1) is 0 Å². The predicted molar refractivity (Wildman–Crippen MR) is 115 cm³/mol. The van der Waals surface area contributed by atoms with Crippen LogP contribution in [0.15, 0.2) is 53.4 Å². The quantitative estimate of drug-likeness (QED) is 0.636. The molecule has 0 spiro atoms. The van der Waals surface area contributed by atoms with E-state index in [1.807, 2.05) is 0 Å². The van der Waals surface area contributed by atoms with E-state index < -0.39 is 29.1 Å². The number of halogens is 1. The maximum absolute atomic E-state index is 12.7. The largest absolute Gasteiger partial charge is 0.478 e. The van der Waals surface area contributed by atoms with Gasteiger partial charge < -0.3 is 10.4 Å². The Labute approximate surface area is 181 Å². The number of anilines is 1. The van der Waals surface area contributed by atoms with Crippen molar-refractivity contribution in [1.29, 1.82) is 0 Å². The average Bonchev–Trinajstić information content (AvgIpc) is 2.97. The smallest absolute Gasteiger partial charge is 0.335 e. The van der Waals surface area contributed by atoms with Crippen molar-refractivity contribution in [2.45, 2.75) is 19.4 Å². The van der Waals surface area contributed by atoms with Crippen LogP contribution in [0.2, 0.25) is 5.02 Å². The molecule has 30 heavy (non-hydrogen) atoms. The third kappa shape index (κ3) is 5.08. The van der Waals surface area contributed by atoms with Crippen LogP contribution in [-0.4, -0.2) is 39.1 Å². The number of imide groups is 1. The minimum atomic E-state index is -1.06. The van der Waals surface area contributed by atoms with Crippen LogP contribution >= 0.6 is 23.4 Å². The number of nitrogens with one attached hydrogen (secondary N) is 1. The molecule has 154 valence electrons. The van der Waals surface area contributed by atoms with Gasteiger partial charge in [0, 0.05) is 23.2 Å². The summed E-state index contributed by atoms with van der Waals surface area (Å²) >= 11 is 6.68. The monoisotopic (exact) mass is 444 g/mol. The molecule has 1 unspecified atom stereocenters. The lowest BCUT2D eigenvalue weighted by Gasteiger charge is -2.20. The lowest BCUT2D eigenvalue weighted by Crippen LogP contribution is -2.39. The summed E-state index contributed by atoms with van der Waals surface area (Å²) in [6.07, 6.45) is 1.52. The second kappa shape index (κ2) is 9.15. The molecule has 1 atom stereocenters. The van der Waals surface area contributed by atoms with Gasteiger partial charge in [-0.2, -0.15) is 0 Å². The number of aromatic carboxylic acids is 1. The van der Waals surface area contributed by atoms with E-state index >= 15 is 0 Å². The summed E-state index contributed by atoms with van der Waals surface area (Å²) in [4.78, 5) is 49.5. The number of nitrogens with zero attached hydrogens (tertiary/aromatic N) is 1. The number of carboxylic acid groups (broad SMARTS) is 1. The number of amides is 3. The van der Waals surface area contributed by atoms with Gasteiger partial charge in [-0.25, -0.2) is 4.79 Å². The van der Waals surface area contributed by atoms with E-state index in [-0.39, 0.29) is 16.9 Å². The van der Waals surface area contributed by atoms with Crippen molar-refractivity contribution in [2.24, 2.45) is 0 Å². The molecule has 0 aromatic heterocycles. The number of carbonyl (C=O) groups is 4. The highest BCUT2D eigenvalue weighted by Gasteiger charge is 2.38. The lowest BCUT2D eigenvalue weighted by molar-refractivity contribution is -0.125. The van der Waals surface area contributed by atoms with Crippen LogP contribution in [0.4, 0.5) is 10.5 Å². The highest BCUT2D eigenvalue weighted by molar-refractivity contribution is 8.18. The summed E-state index contributed by atoms with van der Waals surface area (Å²) in [6.45, 7) is 1.62. The van der Waals surface area contributed by atoms with Crippen molar-refractivity contribution in [3.8, 4) is 0 Å². The van der Waals surface area contributed by atoms with Crippen molar-refractivity contribution >= 4 is 58.1 Å². The second-order valence-electron chi connectivity index (χ2n) is 6.59. The van der Waals surface area contributed by atoms with Gasteiger partial charge in [0.05, 0.1) is 10.5 Å². The van der Waals surface area contributed by atoms with E-state index in [9.17, 15) is 19.2 Å². The Morgan fingerprint density at radius 1 is 1.13 bits per heavy atom. The molecule has 7 nitrogen and oxygen atoms in total. The van der Waals surface area contributed by atoms with Gasteiger partial charge in [0.1, 0.15) is 0 Å². The number of rotatable bonds is 6. The highest BCUT2D eigenvalue weighted by atomic mass is 35.5. The topological polar surface area (TPSA) is 104 Å². The standard InChI is InChI=1S/C21H17ClN2O5S/c1-12(10-18(25)23-16-8-4-14(5-9-16)20(27)28)24-19(26)17(30-21(24)29)11-13-2-6-15(22)7-3-13/h2-9,11-12H,10H2,1H3,(H,23,25)(H,27,28). The Bertz CT molecular complexity index is 1030. The maximum Gasteiger partial charge on any atom is 0.335 e. The van der Waals surface area contributed by atoms with Crippen LogP contribution in [0.1, 0.15) is 29.3 Å². The van der Waals surface area contributed by atoms with E-state index in [0.717, 1.165) is 22.2 Å². The van der Waals surface area contributed by atoms with Crippen LogP contribution in [-0.2, 0) is 9.59 Å². The first kappa shape index (κ1) is 21.6. The van der Waals surface area contributed by atoms with Gasteiger partial charge in [-0.3, -0.25) is 19.3 Å². The van der Waals surface area contributed by atoms with Crippen molar-refractivity contribution in [1.82, 2.24) is 4.90 Å². The first-order valence-electron chi connectivity index (χ1n) is 8.90. The summed E-state index contributed by atoms with van der Waals surface area (Å²) in [5, 5.41) is 11.7. The van der Waals surface area contributed by atoms with E-state index in [2.05, 4.69) is 5.32 Å². The number of carboxylic acids is 1. The number of carbonyl (C=O) groups excluding carboxylic acids is 3. The summed E-state index contributed by atoms with van der Waals surface area (Å²) in [7, 11) is 0. The summed E-state index contributed by atoms with van der Waals surface area (Å²) < 4.78 is 0. The van der Waals surface area contributed by atoms with Crippen LogP contribution < -0.4 is 5.32 Å². The predicted octanol–water partition coefficient (Wildman–Crippen LogP) is 4.49. The van der Waals surface area contributed by atoms with Crippen LogP contribution in [0, 0.1) is 0 Å². The number of benzene rings is 2. The molecule has 1 aliphatic rings. The van der Waals surface area contributed by atoms with Crippen LogP contribution in [0.3, 0.4) is 0 Å². The number of hydrogen-bond donors (Lipinski definition) is 2. The summed E-state index contributed by atoms with van der Waals surface area (Å²) in [6, 6.07) is 11.9. The van der Waals surface area contributed by atoms with Crippen molar-refractivity contribution < 1.29 is 24.3 Å². The Hall–Kier alpha value is -3.10. The molecular weight excluding hydrogens is 428 g/mol. The van der Waals surface area contributed by atoms with Crippen molar-refractivity contribution in [2.75, 3.05) is 5.32 Å². The van der Waals surface area contributed by atoms with E-state index in [1.165, 1.54) is 24.3 Å². The molecule has 1 heterocycles. The molecule has 0 saturated carbocycles. The molecule has 1 aliphatic heterocycles. The molecule has 1 fully saturated rings. The first-order valence-corrected chi connectivity index (χ1v) is 10.1. The zero-order chi connectivity index (χ0) is 21.8. The second-order valence-corrected chi connectivity index (χ2v) is 8.02. The fourth-order valence-corrected chi connectivity index (χ4v) is 3.89. The third-order valence-corrected chi connectivity index (χ3v) is 5.46. The molecule has 2 N–H and O–H groups in total. The molecule has 9 heteroatoms. The fraction of sp³-hybridized carbons (Fsp3) is 0.143. The van der Waals surface area contributed by atoms with Gasteiger partial charge in [0.15, 0.2) is 0 Å². The van der Waals surface area contributed by atoms with Gasteiger partial charge in [0.25, 0.3) is 11.1 Å². The van der Waals surface area contributed by atoms with E-state index in [1.54, 1.807) is 37.3 Å². The average molecular weight is 445 g/mol. The van der Waals surface area contributed by atoms with Gasteiger partial charge >= 0.3 is 5.97 Å². The van der Waals surface area contributed by atoms with Gasteiger partial charge in [0.2, 0.25) is 5.91 Å². The summed E-state index contributed by atoms with van der Waals surface area (Å²) in [5.41, 5.74) is 1.26. The molecule has 1 saturated heterocycles. The van der Waals surface area contributed by atoms with Crippen LogP contribution in [0.5, 0.6) is 0 Å². The summed E-state index contributed by atoms with van der Waals surface area (Å²) in [5.74, 6) is -1.91. The number of hydrogen-bond acceptors (Lipinski definition) is 5. The van der Waals surface area contributed by atoms with Gasteiger partial charge in [-0.1, -0.05) is 23.7 Å². The minimum absolute atomic E-state index is 0.0903.